The number of benzene rings is 1. The van der Waals surface area contributed by atoms with E-state index in [4.69, 9.17) is 9.47 Å². The van der Waals surface area contributed by atoms with Crippen LogP contribution in [0.2, 0.25) is 0 Å². The van der Waals surface area contributed by atoms with Crippen molar-refractivity contribution in [1.82, 2.24) is 4.98 Å². The second-order valence-electron chi connectivity index (χ2n) is 4.01. The fourth-order valence-electron chi connectivity index (χ4n) is 1.77. The SMILES string of the molecule is COc1cccc(C=O)c1OC(C)c1ccccn1. The van der Waals surface area contributed by atoms with Crippen LogP contribution in [0.15, 0.2) is 42.6 Å². The highest BCUT2D eigenvalue weighted by Gasteiger charge is 2.15. The maximum absolute atomic E-state index is 11.1. The summed E-state index contributed by atoms with van der Waals surface area (Å²) in [6.45, 7) is 1.88. The van der Waals surface area contributed by atoms with Crippen LogP contribution >= 0.6 is 0 Å². The number of carbonyl (C=O) groups is 1. The molecule has 1 aromatic carbocycles. The third kappa shape index (κ3) is 2.91. The lowest BCUT2D eigenvalue weighted by molar-refractivity contribution is 0.111. The van der Waals surface area contributed by atoms with Crippen LogP contribution in [0.5, 0.6) is 11.5 Å². The number of aromatic nitrogens is 1. The lowest BCUT2D eigenvalue weighted by Gasteiger charge is -2.17. The molecule has 0 amide bonds. The van der Waals surface area contributed by atoms with Crippen LogP contribution < -0.4 is 9.47 Å². The molecule has 0 fully saturated rings. The minimum atomic E-state index is -0.267. The average Bonchev–Trinajstić information content (AvgIpc) is 2.48. The molecule has 0 saturated heterocycles. The third-order valence-electron chi connectivity index (χ3n) is 2.76. The molecule has 1 atom stereocenters. The van der Waals surface area contributed by atoms with Crippen LogP contribution in [0.3, 0.4) is 0 Å². The number of methoxy groups -OCH3 is 1. The molecule has 0 N–H and O–H groups in total. The van der Waals surface area contributed by atoms with Gasteiger partial charge in [0.05, 0.1) is 18.4 Å². The summed E-state index contributed by atoms with van der Waals surface area (Å²) >= 11 is 0. The predicted molar refractivity (Wildman–Crippen MR) is 71.7 cm³/mol. The normalized spacial score (nSPS) is 11.7. The van der Waals surface area contributed by atoms with Crippen molar-refractivity contribution < 1.29 is 14.3 Å². The van der Waals surface area contributed by atoms with Gasteiger partial charge in [0.15, 0.2) is 17.8 Å². The van der Waals surface area contributed by atoms with Gasteiger partial charge in [0, 0.05) is 6.20 Å². The molecular formula is C15H15NO3. The van der Waals surface area contributed by atoms with Crippen molar-refractivity contribution in [3.8, 4) is 11.5 Å². The van der Waals surface area contributed by atoms with E-state index in [1.165, 1.54) is 0 Å². The van der Waals surface area contributed by atoms with Crippen LogP contribution in [-0.4, -0.2) is 18.4 Å². The first-order valence-corrected chi connectivity index (χ1v) is 5.96. The van der Waals surface area contributed by atoms with Gasteiger partial charge in [-0.1, -0.05) is 12.1 Å². The maximum atomic E-state index is 11.1. The molecule has 0 radical (unpaired) electrons. The molecule has 4 heteroatoms. The molecule has 2 aromatic rings. The topological polar surface area (TPSA) is 48.4 Å². The molecule has 0 aliphatic heterocycles. The van der Waals surface area contributed by atoms with Gasteiger partial charge in [0.2, 0.25) is 0 Å². The molecule has 0 aliphatic rings. The van der Waals surface area contributed by atoms with Gasteiger partial charge >= 0.3 is 0 Å². The van der Waals surface area contributed by atoms with E-state index < -0.39 is 0 Å². The van der Waals surface area contributed by atoms with Crippen molar-refractivity contribution in [2.45, 2.75) is 13.0 Å². The third-order valence-corrected chi connectivity index (χ3v) is 2.76. The summed E-state index contributed by atoms with van der Waals surface area (Å²) in [7, 11) is 1.54. The van der Waals surface area contributed by atoms with Gasteiger partial charge in [-0.2, -0.15) is 0 Å². The monoisotopic (exact) mass is 257 g/mol. The number of ether oxygens (including phenoxy) is 2. The first kappa shape index (κ1) is 13.1. The van der Waals surface area contributed by atoms with Crippen LogP contribution in [0.25, 0.3) is 0 Å². The van der Waals surface area contributed by atoms with Gasteiger partial charge in [0.25, 0.3) is 0 Å². The lowest BCUT2D eigenvalue weighted by atomic mass is 10.2. The van der Waals surface area contributed by atoms with E-state index in [2.05, 4.69) is 4.98 Å². The van der Waals surface area contributed by atoms with Crippen LogP contribution in [0.1, 0.15) is 29.1 Å². The Labute approximate surface area is 112 Å². The van der Waals surface area contributed by atoms with E-state index in [0.717, 1.165) is 12.0 Å². The molecule has 0 aliphatic carbocycles. The zero-order chi connectivity index (χ0) is 13.7. The Morgan fingerprint density at radius 2 is 2.05 bits per heavy atom. The first-order valence-electron chi connectivity index (χ1n) is 5.96. The minimum Gasteiger partial charge on any atom is -0.493 e. The summed E-state index contributed by atoms with van der Waals surface area (Å²) in [5.74, 6) is 0.977. The highest BCUT2D eigenvalue weighted by Crippen LogP contribution is 2.33. The number of nitrogens with zero attached hydrogens (tertiary/aromatic N) is 1. The molecule has 1 aromatic heterocycles. The summed E-state index contributed by atoms with van der Waals surface area (Å²) in [5.41, 5.74) is 1.26. The van der Waals surface area contributed by atoms with E-state index in [9.17, 15) is 4.79 Å². The molecule has 0 bridgehead atoms. The van der Waals surface area contributed by atoms with E-state index in [0.29, 0.717) is 17.1 Å². The molecular weight excluding hydrogens is 242 g/mol. The van der Waals surface area contributed by atoms with Crippen molar-refractivity contribution in [3.05, 3.63) is 53.9 Å². The molecule has 1 unspecified atom stereocenters. The van der Waals surface area contributed by atoms with Crippen molar-refractivity contribution in [2.24, 2.45) is 0 Å². The summed E-state index contributed by atoms with van der Waals surface area (Å²) < 4.78 is 11.0. The number of para-hydroxylation sites is 1. The van der Waals surface area contributed by atoms with Gasteiger partial charge in [-0.15, -0.1) is 0 Å². The molecule has 98 valence electrons. The van der Waals surface area contributed by atoms with Crippen LogP contribution in [0.4, 0.5) is 0 Å². The van der Waals surface area contributed by atoms with E-state index in [-0.39, 0.29) is 6.10 Å². The van der Waals surface area contributed by atoms with E-state index >= 15 is 0 Å². The quantitative estimate of drug-likeness (QED) is 0.772. The lowest BCUT2D eigenvalue weighted by Crippen LogP contribution is -2.07. The van der Waals surface area contributed by atoms with Crippen molar-refractivity contribution in [3.63, 3.8) is 0 Å². The molecule has 1 heterocycles. The summed E-state index contributed by atoms with van der Waals surface area (Å²) in [6.07, 6.45) is 2.19. The van der Waals surface area contributed by atoms with E-state index in [1.807, 2.05) is 25.1 Å². The second-order valence-corrected chi connectivity index (χ2v) is 4.01. The smallest absolute Gasteiger partial charge is 0.172 e. The number of hydrogen-bond donors (Lipinski definition) is 0. The van der Waals surface area contributed by atoms with Crippen LogP contribution in [0, 0.1) is 0 Å². The molecule has 4 nitrogen and oxygen atoms in total. The van der Waals surface area contributed by atoms with Crippen molar-refractivity contribution in [1.29, 1.82) is 0 Å². The number of pyridine rings is 1. The van der Waals surface area contributed by atoms with Crippen LogP contribution in [-0.2, 0) is 0 Å². The Morgan fingerprint density at radius 1 is 1.21 bits per heavy atom. The summed E-state index contributed by atoms with van der Waals surface area (Å²) in [6, 6.07) is 10.8. The zero-order valence-electron chi connectivity index (χ0n) is 10.9. The fourth-order valence-corrected chi connectivity index (χ4v) is 1.77. The average molecular weight is 257 g/mol. The van der Waals surface area contributed by atoms with Gasteiger partial charge in [-0.25, -0.2) is 0 Å². The number of carbonyl (C=O) groups excluding carboxylic acids is 1. The van der Waals surface area contributed by atoms with Gasteiger partial charge in [0.1, 0.15) is 6.10 Å². The Bertz CT molecular complexity index is 555. The summed E-state index contributed by atoms with van der Waals surface area (Å²) in [4.78, 5) is 15.3. The fraction of sp³-hybridized carbons (Fsp3) is 0.200. The number of aldehydes is 1. The highest BCUT2D eigenvalue weighted by molar-refractivity contribution is 5.81. The van der Waals surface area contributed by atoms with Crippen molar-refractivity contribution in [2.75, 3.05) is 7.11 Å². The Morgan fingerprint density at radius 3 is 2.68 bits per heavy atom. The van der Waals surface area contributed by atoms with Gasteiger partial charge < -0.3 is 9.47 Å². The first-order chi connectivity index (χ1) is 9.26. The molecule has 0 saturated carbocycles. The Hall–Kier alpha value is -2.36. The number of rotatable bonds is 5. The highest BCUT2D eigenvalue weighted by atomic mass is 16.5. The number of hydrogen-bond acceptors (Lipinski definition) is 4. The largest absolute Gasteiger partial charge is 0.493 e. The molecule has 0 spiro atoms. The van der Waals surface area contributed by atoms with Crippen molar-refractivity contribution >= 4 is 6.29 Å². The molecule has 2 rings (SSSR count). The second kappa shape index (κ2) is 6.00. The zero-order valence-corrected chi connectivity index (χ0v) is 10.9. The standard InChI is InChI=1S/C15H15NO3/c1-11(13-7-3-4-9-16-13)19-15-12(10-17)6-5-8-14(15)18-2/h3-11H,1-2H3. The predicted octanol–water partition coefficient (Wildman–Crippen LogP) is 3.04. The molecule has 19 heavy (non-hydrogen) atoms. The summed E-state index contributed by atoms with van der Waals surface area (Å²) in [5, 5.41) is 0. The van der Waals surface area contributed by atoms with Gasteiger partial charge in [-0.3, -0.25) is 9.78 Å². The Kier molecular flexibility index (Phi) is 4.13. The van der Waals surface area contributed by atoms with Gasteiger partial charge in [-0.05, 0) is 31.2 Å². The Balaban J connectivity index is 2.30. The maximum Gasteiger partial charge on any atom is 0.172 e. The minimum absolute atomic E-state index is 0.267. The van der Waals surface area contributed by atoms with E-state index in [1.54, 1.807) is 31.5 Å².